The Bertz CT molecular complexity index is 344. The Kier molecular flexibility index (Phi) is 3.11. The molecule has 1 rings (SSSR count). The monoisotopic (exact) mass is 197 g/mol. The maximum absolute atomic E-state index is 10.9. The second-order valence-corrected chi connectivity index (χ2v) is 3.10. The summed E-state index contributed by atoms with van der Waals surface area (Å²) in [6, 6.07) is 0. The van der Waals surface area contributed by atoms with Crippen LogP contribution in [0.2, 0.25) is 0 Å². The second-order valence-electron chi connectivity index (χ2n) is 3.10. The average molecular weight is 197 g/mol. The van der Waals surface area contributed by atoms with Gasteiger partial charge < -0.3 is 10.1 Å². The molecule has 0 unspecified atom stereocenters. The Morgan fingerprint density at radius 3 is 2.64 bits per heavy atom. The Morgan fingerprint density at radius 2 is 2.21 bits per heavy atom. The molecule has 1 aromatic heterocycles. The Balaban J connectivity index is 2.71. The lowest BCUT2D eigenvalue weighted by molar-refractivity contribution is -0.138. The molecule has 0 atom stereocenters. The number of carbonyl (C=O) groups is 1. The van der Waals surface area contributed by atoms with Crippen molar-refractivity contribution in [2.75, 3.05) is 19.0 Å². The van der Waals surface area contributed by atoms with Gasteiger partial charge in [0.05, 0.1) is 24.2 Å². The highest BCUT2D eigenvalue weighted by molar-refractivity contribution is 5.75. The van der Waals surface area contributed by atoms with Crippen LogP contribution >= 0.6 is 0 Å². The van der Waals surface area contributed by atoms with Gasteiger partial charge in [-0.05, 0) is 13.8 Å². The highest BCUT2D eigenvalue weighted by atomic mass is 16.5. The smallest absolute Gasteiger partial charge is 0.325 e. The van der Waals surface area contributed by atoms with Crippen LogP contribution in [0.15, 0.2) is 0 Å². The van der Waals surface area contributed by atoms with Crippen molar-refractivity contribution < 1.29 is 9.53 Å². The lowest BCUT2D eigenvalue weighted by Crippen LogP contribution is -2.15. The minimum atomic E-state index is -0.285. The van der Waals surface area contributed by atoms with Crippen molar-refractivity contribution in [2.24, 2.45) is 7.05 Å². The molecule has 0 aliphatic rings. The third kappa shape index (κ3) is 2.04. The molecular formula is C9H15N3O2. The molecule has 0 aromatic carbocycles. The van der Waals surface area contributed by atoms with E-state index in [-0.39, 0.29) is 12.5 Å². The lowest BCUT2D eigenvalue weighted by Gasteiger charge is -2.04. The fourth-order valence-corrected chi connectivity index (χ4v) is 1.26. The van der Waals surface area contributed by atoms with Crippen LogP contribution in [-0.4, -0.2) is 29.4 Å². The number of nitrogens with one attached hydrogen (secondary N) is 1. The molecule has 0 aliphatic carbocycles. The van der Waals surface area contributed by atoms with Crippen LogP contribution in [0.25, 0.3) is 0 Å². The Morgan fingerprint density at radius 1 is 1.57 bits per heavy atom. The highest BCUT2D eigenvalue weighted by Gasteiger charge is 2.09. The first kappa shape index (κ1) is 10.6. The fourth-order valence-electron chi connectivity index (χ4n) is 1.26. The van der Waals surface area contributed by atoms with Gasteiger partial charge in [-0.1, -0.05) is 0 Å². The summed E-state index contributed by atoms with van der Waals surface area (Å²) < 4.78 is 6.30. The summed E-state index contributed by atoms with van der Waals surface area (Å²) in [4.78, 5) is 10.9. The lowest BCUT2D eigenvalue weighted by atomic mass is 10.3. The molecule has 14 heavy (non-hydrogen) atoms. The maximum Gasteiger partial charge on any atom is 0.325 e. The van der Waals surface area contributed by atoms with E-state index in [0.29, 0.717) is 0 Å². The minimum Gasteiger partial charge on any atom is -0.468 e. The van der Waals surface area contributed by atoms with Crippen molar-refractivity contribution in [1.29, 1.82) is 0 Å². The van der Waals surface area contributed by atoms with Gasteiger partial charge in [0.2, 0.25) is 0 Å². The van der Waals surface area contributed by atoms with Crippen LogP contribution in [0.1, 0.15) is 11.4 Å². The molecule has 0 aliphatic heterocycles. The summed E-state index contributed by atoms with van der Waals surface area (Å²) in [6.45, 7) is 4.01. The molecule has 5 nitrogen and oxygen atoms in total. The Hall–Kier alpha value is -1.52. The van der Waals surface area contributed by atoms with E-state index in [1.165, 1.54) is 7.11 Å². The Labute approximate surface area is 83.1 Å². The van der Waals surface area contributed by atoms with Gasteiger partial charge in [-0.15, -0.1) is 0 Å². The molecule has 78 valence electrons. The zero-order valence-corrected chi connectivity index (χ0v) is 8.92. The molecule has 5 heteroatoms. The van der Waals surface area contributed by atoms with Crippen molar-refractivity contribution >= 4 is 11.7 Å². The third-order valence-electron chi connectivity index (χ3n) is 2.15. The predicted molar refractivity (Wildman–Crippen MR) is 53.2 cm³/mol. The van der Waals surface area contributed by atoms with E-state index < -0.39 is 0 Å². The van der Waals surface area contributed by atoms with Crippen molar-refractivity contribution in [2.45, 2.75) is 13.8 Å². The van der Waals surface area contributed by atoms with Gasteiger partial charge >= 0.3 is 5.97 Å². The number of hydrogen-bond acceptors (Lipinski definition) is 4. The third-order valence-corrected chi connectivity index (χ3v) is 2.15. The zero-order chi connectivity index (χ0) is 10.7. The van der Waals surface area contributed by atoms with Crippen LogP contribution in [0.4, 0.5) is 5.69 Å². The molecule has 1 heterocycles. The predicted octanol–water partition coefficient (Wildman–Crippen LogP) is 0.622. The summed E-state index contributed by atoms with van der Waals surface area (Å²) in [7, 11) is 3.23. The van der Waals surface area contributed by atoms with Crippen LogP contribution in [0, 0.1) is 13.8 Å². The van der Waals surface area contributed by atoms with E-state index in [0.717, 1.165) is 17.1 Å². The molecule has 1 N–H and O–H groups in total. The summed E-state index contributed by atoms with van der Waals surface area (Å²) >= 11 is 0. The highest BCUT2D eigenvalue weighted by Crippen LogP contribution is 2.17. The van der Waals surface area contributed by atoms with Gasteiger partial charge in [0, 0.05) is 7.05 Å². The quantitative estimate of drug-likeness (QED) is 0.722. The summed E-state index contributed by atoms with van der Waals surface area (Å²) in [5.41, 5.74) is 2.79. The van der Waals surface area contributed by atoms with Crippen molar-refractivity contribution in [1.82, 2.24) is 9.78 Å². The number of carbonyl (C=O) groups excluding carboxylic acids is 1. The van der Waals surface area contributed by atoms with Gasteiger partial charge in [0.25, 0.3) is 0 Å². The summed E-state index contributed by atoms with van der Waals surface area (Å²) in [5, 5.41) is 7.21. The molecule has 0 spiro atoms. The minimum absolute atomic E-state index is 0.171. The van der Waals surface area contributed by atoms with E-state index in [1.54, 1.807) is 4.68 Å². The maximum atomic E-state index is 10.9. The number of esters is 1. The standard InChI is InChI=1S/C9H15N3O2/c1-6-9(7(2)12(3)11-6)10-5-8(13)14-4/h10H,5H2,1-4H3. The molecule has 0 fully saturated rings. The van der Waals surface area contributed by atoms with Crippen LogP contribution < -0.4 is 5.32 Å². The van der Waals surface area contributed by atoms with E-state index in [9.17, 15) is 4.79 Å². The van der Waals surface area contributed by atoms with Crippen LogP contribution in [0.3, 0.4) is 0 Å². The molecule has 0 radical (unpaired) electrons. The van der Waals surface area contributed by atoms with Crippen molar-refractivity contribution in [3.8, 4) is 0 Å². The number of aromatic nitrogens is 2. The second kappa shape index (κ2) is 4.13. The van der Waals surface area contributed by atoms with E-state index in [4.69, 9.17) is 0 Å². The SMILES string of the molecule is COC(=O)CNc1c(C)nn(C)c1C. The molecule has 0 amide bonds. The fraction of sp³-hybridized carbons (Fsp3) is 0.556. The number of hydrogen-bond donors (Lipinski definition) is 1. The van der Waals surface area contributed by atoms with Crippen LogP contribution in [0.5, 0.6) is 0 Å². The van der Waals surface area contributed by atoms with E-state index in [1.807, 2.05) is 20.9 Å². The first-order valence-corrected chi connectivity index (χ1v) is 4.37. The molecule has 1 aromatic rings. The average Bonchev–Trinajstić information content (AvgIpc) is 2.39. The largest absolute Gasteiger partial charge is 0.468 e. The van der Waals surface area contributed by atoms with Gasteiger partial charge in [0.1, 0.15) is 6.54 Å². The first-order chi connectivity index (χ1) is 6.56. The number of aryl methyl sites for hydroxylation is 2. The first-order valence-electron chi connectivity index (χ1n) is 4.37. The van der Waals surface area contributed by atoms with Gasteiger partial charge in [-0.2, -0.15) is 5.10 Å². The normalized spacial score (nSPS) is 10.0. The molecule has 0 saturated heterocycles. The van der Waals surface area contributed by atoms with Gasteiger partial charge in [-0.3, -0.25) is 9.48 Å². The number of ether oxygens (including phenoxy) is 1. The van der Waals surface area contributed by atoms with Gasteiger partial charge in [0.15, 0.2) is 0 Å². The number of methoxy groups -OCH3 is 1. The molecular weight excluding hydrogens is 182 g/mol. The molecule has 0 saturated carbocycles. The number of rotatable bonds is 3. The van der Waals surface area contributed by atoms with Crippen molar-refractivity contribution in [3.63, 3.8) is 0 Å². The zero-order valence-electron chi connectivity index (χ0n) is 8.92. The van der Waals surface area contributed by atoms with E-state index in [2.05, 4.69) is 15.2 Å². The van der Waals surface area contributed by atoms with E-state index >= 15 is 0 Å². The number of anilines is 1. The number of nitrogens with zero attached hydrogens (tertiary/aromatic N) is 2. The van der Waals surface area contributed by atoms with Crippen LogP contribution in [-0.2, 0) is 16.6 Å². The summed E-state index contributed by atoms with van der Waals surface area (Å²) in [5.74, 6) is -0.285. The van der Waals surface area contributed by atoms with Gasteiger partial charge in [-0.25, -0.2) is 0 Å². The summed E-state index contributed by atoms with van der Waals surface area (Å²) in [6.07, 6.45) is 0. The van der Waals surface area contributed by atoms with Crippen molar-refractivity contribution in [3.05, 3.63) is 11.4 Å². The topological polar surface area (TPSA) is 56.1 Å². The molecule has 0 bridgehead atoms.